The third-order valence-corrected chi connectivity index (χ3v) is 8.18. The maximum absolute atomic E-state index is 13.5. The Hall–Kier alpha value is -4.17. The molecule has 1 aliphatic heterocycles. The van der Waals surface area contributed by atoms with Crippen molar-refractivity contribution in [3.8, 4) is 0 Å². The van der Waals surface area contributed by atoms with E-state index in [0.717, 1.165) is 6.07 Å². The number of likely N-dealkylation sites (tertiary alicyclic amines) is 1. The number of hydrogen-bond donors (Lipinski definition) is 2. The Labute approximate surface area is 246 Å². The van der Waals surface area contributed by atoms with Crippen LogP contribution >= 0.6 is 11.6 Å². The number of rotatable bonds is 6. The average Bonchev–Trinajstić information content (AvgIpc) is 3.63. The van der Waals surface area contributed by atoms with Crippen molar-refractivity contribution in [3.05, 3.63) is 65.3 Å². The van der Waals surface area contributed by atoms with Crippen LogP contribution in [0.4, 0.5) is 20.6 Å². The number of benzene rings is 2. The smallest absolute Gasteiger partial charge is 0.410 e. The molecule has 12 nitrogen and oxygen atoms in total. The Balaban J connectivity index is 1.29. The van der Waals surface area contributed by atoms with Gasteiger partial charge in [-0.15, -0.1) is 0 Å². The molecule has 1 aliphatic rings. The van der Waals surface area contributed by atoms with Crippen molar-refractivity contribution in [3.63, 3.8) is 0 Å². The van der Waals surface area contributed by atoms with E-state index in [4.69, 9.17) is 16.3 Å². The van der Waals surface area contributed by atoms with Crippen LogP contribution in [0, 0.1) is 5.82 Å². The fourth-order valence-corrected chi connectivity index (χ4v) is 5.79. The summed E-state index contributed by atoms with van der Waals surface area (Å²) in [5, 5.41) is 11.6. The number of nitrogens with one attached hydrogen (secondary N) is 2. The van der Waals surface area contributed by atoms with Gasteiger partial charge in [0.25, 0.3) is 15.9 Å². The molecule has 4 aromatic rings. The van der Waals surface area contributed by atoms with Crippen molar-refractivity contribution < 1.29 is 27.1 Å². The first-order chi connectivity index (χ1) is 19.7. The zero-order valence-electron chi connectivity index (χ0n) is 23.3. The van der Waals surface area contributed by atoms with E-state index in [9.17, 15) is 22.4 Å². The topological polar surface area (TPSA) is 140 Å². The Morgan fingerprint density at radius 3 is 2.60 bits per heavy atom. The number of aromatic nitrogens is 4. The van der Waals surface area contributed by atoms with Gasteiger partial charge >= 0.3 is 6.09 Å². The summed E-state index contributed by atoms with van der Waals surface area (Å²) in [5.41, 5.74) is 0.532. The molecule has 5 rings (SSSR count). The zero-order chi connectivity index (χ0) is 30.4. The summed E-state index contributed by atoms with van der Waals surface area (Å²) >= 11 is 5.81. The number of halogens is 2. The molecular formula is C27H29ClFN7O5S. The molecule has 2 amide bonds. The number of anilines is 2. The molecule has 2 N–H and O–H groups in total. The molecule has 15 heteroatoms. The number of nitrogens with zero attached hydrogens (tertiary/aromatic N) is 5. The lowest BCUT2D eigenvalue weighted by atomic mass is 10.2. The van der Waals surface area contributed by atoms with Gasteiger partial charge in [0.05, 0.1) is 28.5 Å². The summed E-state index contributed by atoms with van der Waals surface area (Å²) < 4.78 is 50.6. The Bertz CT molecular complexity index is 1800. The summed E-state index contributed by atoms with van der Waals surface area (Å²) in [6.45, 7) is 6.21. The van der Waals surface area contributed by atoms with E-state index >= 15 is 0 Å². The van der Waals surface area contributed by atoms with Gasteiger partial charge in [-0.05, 0) is 63.6 Å². The van der Waals surface area contributed by atoms with Crippen LogP contribution in [0.2, 0.25) is 5.02 Å². The number of ether oxygens (including phenoxy) is 1. The molecule has 0 radical (unpaired) electrons. The second kappa shape index (κ2) is 10.9. The average molecular weight is 618 g/mol. The number of carbonyl (C=O) groups excluding carboxylic acids is 2. The minimum atomic E-state index is -4.01. The first-order valence-electron chi connectivity index (χ1n) is 13.0. The molecule has 1 fully saturated rings. The first kappa shape index (κ1) is 29.3. The van der Waals surface area contributed by atoms with Gasteiger partial charge < -0.3 is 15.0 Å². The number of amides is 2. The number of carbonyl (C=O) groups is 2. The summed E-state index contributed by atoms with van der Waals surface area (Å²) in [6.07, 6.45) is 2.86. The van der Waals surface area contributed by atoms with Crippen LogP contribution in [0.1, 0.15) is 43.7 Å². The van der Waals surface area contributed by atoms with Gasteiger partial charge in [-0.2, -0.15) is 10.2 Å². The maximum atomic E-state index is 13.5. The van der Waals surface area contributed by atoms with Gasteiger partial charge in [0.15, 0.2) is 0 Å². The van der Waals surface area contributed by atoms with E-state index in [2.05, 4.69) is 20.2 Å². The van der Waals surface area contributed by atoms with Gasteiger partial charge in [-0.1, -0.05) is 11.6 Å². The SMILES string of the molecule is Cn1nc2cc(NS(=O)(=O)c3cnn(C4CCN(C(=O)OC(C)(C)C)C4)c3)ccc2c1C(=O)Nc1ccc(F)c(Cl)c1. The highest BCUT2D eigenvalue weighted by Gasteiger charge is 2.32. The van der Waals surface area contributed by atoms with Gasteiger partial charge in [0, 0.05) is 37.4 Å². The molecule has 1 unspecified atom stereocenters. The lowest BCUT2D eigenvalue weighted by molar-refractivity contribution is 0.0288. The highest BCUT2D eigenvalue weighted by Crippen LogP contribution is 2.27. The molecule has 42 heavy (non-hydrogen) atoms. The summed E-state index contributed by atoms with van der Waals surface area (Å²) in [7, 11) is -2.43. The van der Waals surface area contributed by atoms with E-state index in [-0.39, 0.29) is 27.3 Å². The first-order valence-corrected chi connectivity index (χ1v) is 14.8. The summed E-state index contributed by atoms with van der Waals surface area (Å²) in [6, 6.07) is 8.25. The Kier molecular flexibility index (Phi) is 7.62. The van der Waals surface area contributed by atoms with Gasteiger partial charge in [0.2, 0.25) is 0 Å². The van der Waals surface area contributed by atoms with E-state index in [1.165, 1.54) is 41.3 Å². The van der Waals surface area contributed by atoms with E-state index in [0.29, 0.717) is 36.1 Å². The highest BCUT2D eigenvalue weighted by molar-refractivity contribution is 7.92. The van der Waals surface area contributed by atoms with Gasteiger partial charge in [0.1, 0.15) is 22.0 Å². The third kappa shape index (κ3) is 6.19. The molecule has 0 bridgehead atoms. The normalized spacial score (nSPS) is 15.7. The molecule has 1 atom stereocenters. The van der Waals surface area contributed by atoms with Crippen LogP contribution in [-0.2, 0) is 21.8 Å². The molecule has 2 aromatic heterocycles. The van der Waals surface area contributed by atoms with Crippen molar-refractivity contribution in [2.24, 2.45) is 7.05 Å². The van der Waals surface area contributed by atoms with Crippen molar-refractivity contribution in [2.45, 2.75) is 43.7 Å². The lowest BCUT2D eigenvalue weighted by Gasteiger charge is -2.24. The fourth-order valence-electron chi connectivity index (χ4n) is 4.62. The van der Waals surface area contributed by atoms with Crippen molar-refractivity contribution >= 4 is 55.9 Å². The number of sulfonamides is 1. The molecule has 0 aliphatic carbocycles. The van der Waals surface area contributed by atoms with Crippen LogP contribution in [0.3, 0.4) is 0 Å². The van der Waals surface area contributed by atoms with Crippen LogP contribution in [0.15, 0.2) is 53.7 Å². The summed E-state index contributed by atoms with van der Waals surface area (Å²) in [5.74, 6) is -1.10. The minimum absolute atomic E-state index is 0.0441. The van der Waals surface area contributed by atoms with Crippen molar-refractivity contribution in [1.82, 2.24) is 24.5 Å². The zero-order valence-corrected chi connectivity index (χ0v) is 24.8. The molecule has 2 aromatic carbocycles. The standard InChI is InChI=1S/C27H29ClFN7O5S/c1-27(2,3)41-26(38)35-10-9-18(14-35)36-15-19(13-30-36)42(39,40)33-17-5-7-20-23(12-17)32-34(4)24(20)25(37)31-16-6-8-22(29)21(28)11-16/h5-8,11-13,15,18,33H,9-10,14H2,1-4H3,(H,31,37). The Morgan fingerprint density at radius 2 is 1.88 bits per heavy atom. The van der Waals surface area contributed by atoms with Crippen LogP contribution in [0.5, 0.6) is 0 Å². The molecule has 0 spiro atoms. The minimum Gasteiger partial charge on any atom is -0.444 e. The molecule has 1 saturated heterocycles. The van der Waals surface area contributed by atoms with Crippen molar-refractivity contribution in [1.29, 1.82) is 0 Å². The number of fused-ring (bicyclic) bond motifs is 1. The van der Waals surface area contributed by atoms with Gasteiger partial charge in [-0.25, -0.2) is 17.6 Å². The third-order valence-electron chi connectivity index (χ3n) is 6.56. The van der Waals surface area contributed by atoms with Crippen LogP contribution in [-0.4, -0.2) is 63.6 Å². The van der Waals surface area contributed by atoms with Gasteiger partial charge in [-0.3, -0.25) is 18.9 Å². The lowest BCUT2D eigenvalue weighted by Crippen LogP contribution is -2.35. The predicted octanol–water partition coefficient (Wildman–Crippen LogP) is 4.80. The highest BCUT2D eigenvalue weighted by atomic mass is 35.5. The van der Waals surface area contributed by atoms with Crippen molar-refractivity contribution in [2.75, 3.05) is 23.1 Å². The second-order valence-electron chi connectivity index (χ2n) is 10.9. The van der Waals surface area contributed by atoms with Crippen LogP contribution < -0.4 is 10.0 Å². The summed E-state index contributed by atoms with van der Waals surface area (Å²) in [4.78, 5) is 26.9. The largest absolute Gasteiger partial charge is 0.444 e. The van der Waals surface area contributed by atoms with E-state index in [1.807, 2.05) is 0 Å². The second-order valence-corrected chi connectivity index (χ2v) is 13.0. The molecule has 222 valence electrons. The van der Waals surface area contributed by atoms with Crippen LogP contribution in [0.25, 0.3) is 10.9 Å². The molecule has 3 heterocycles. The predicted molar refractivity (Wildman–Crippen MR) is 155 cm³/mol. The van der Waals surface area contributed by atoms with E-state index < -0.39 is 33.4 Å². The number of aryl methyl sites for hydroxylation is 1. The maximum Gasteiger partial charge on any atom is 0.410 e. The quantitative estimate of drug-likeness (QED) is 0.317. The molecular weight excluding hydrogens is 589 g/mol. The fraction of sp³-hybridized carbons (Fsp3) is 0.333. The number of hydrogen-bond acceptors (Lipinski definition) is 7. The molecule has 0 saturated carbocycles. The Morgan fingerprint density at radius 1 is 1.14 bits per heavy atom. The monoisotopic (exact) mass is 617 g/mol. The van der Waals surface area contributed by atoms with E-state index in [1.54, 1.807) is 43.5 Å².